The first-order valence-electron chi connectivity index (χ1n) is 7.75. The maximum absolute atomic E-state index is 12.4. The van der Waals surface area contributed by atoms with Crippen molar-refractivity contribution in [2.75, 3.05) is 26.2 Å². The topological polar surface area (TPSA) is 47.7 Å². The average molecular weight is 314 g/mol. The normalized spacial score (nSPS) is 17.0. The fraction of sp³-hybridized carbons (Fsp3) is 0.625. The SMILES string of the molecule is CCOc1cc(CN2CCC(CN)CC2)ccc1OC(F)F. The van der Waals surface area contributed by atoms with E-state index in [-0.39, 0.29) is 5.75 Å². The molecule has 0 atom stereocenters. The molecular weight excluding hydrogens is 290 g/mol. The van der Waals surface area contributed by atoms with E-state index in [9.17, 15) is 8.78 Å². The summed E-state index contributed by atoms with van der Waals surface area (Å²) < 4.78 is 34.7. The number of benzene rings is 1. The third-order valence-electron chi connectivity index (χ3n) is 3.97. The smallest absolute Gasteiger partial charge is 0.387 e. The van der Waals surface area contributed by atoms with Crippen LogP contribution in [-0.4, -0.2) is 37.8 Å². The monoisotopic (exact) mass is 314 g/mol. The quantitative estimate of drug-likeness (QED) is 0.841. The first-order valence-corrected chi connectivity index (χ1v) is 7.75. The van der Waals surface area contributed by atoms with E-state index in [1.54, 1.807) is 12.1 Å². The molecule has 4 nitrogen and oxygen atoms in total. The van der Waals surface area contributed by atoms with E-state index in [1.165, 1.54) is 0 Å². The number of hydrogen-bond donors (Lipinski definition) is 1. The molecule has 0 aromatic heterocycles. The van der Waals surface area contributed by atoms with E-state index < -0.39 is 6.61 Å². The van der Waals surface area contributed by atoms with Crippen molar-refractivity contribution in [1.82, 2.24) is 4.90 Å². The standard InChI is InChI=1S/C16H24F2N2O2/c1-2-21-15-9-13(3-4-14(15)22-16(17)18)11-20-7-5-12(10-19)6-8-20/h3-4,9,12,16H,2,5-8,10-11,19H2,1H3. The molecule has 0 radical (unpaired) electrons. The van der Waals surface area contributed by atoms with Crippen LogP contribution in [0.4, 0.5) is 8.78 Å². The van der Waals surface area contributed by atoms with Gasteiger partial charge in [0.15, 0.2) is 11.5 Å². The maximum atomic E-state index is 12.4. The van der Waals surface area contributed by atoms with E-state index in [0.29, 0.717) is 18.3 Å². The van der Waals surface area contributed by atoms with Gasteiger partial charge in [-0.25, -0.2) is 0 Å². The van der Waals surface area contributed by atoms with Gasteiger partial charge in [-0.3, -0.25) is 4.90 Å². The molecule has 1 aromatic carbocycles. The minimum absolute atomic E-state index is 0.0856. The van der Waals surface area contributed by atoms with Gasteiger partial charge in [0.2, 0.25) is 0 Å². The predicted molar refractivity (Wildman–Crippen MR) is 81.3 cm³/mol. The van der Waals surface area contributed by atoms with E-state index in [0.717, 1.165) is 44.6 Å². The van der Waals surface area contributed by atoms with Crippen LogP contribution in [-0.2, 0) is 6.54 Å². The molecule has 0 bridgehead atoms. The Bertz CT molecular complexity index is 463. The number of halogens is 2. The predicted octanol–water partition coefficient (Wildman–Crippen LogP) is 2.86. The van der Waals surface area contributed by atoms with Gasteiger partial charge in [-0.1, -0.05) is 6.07 Å². The molecule has 6 heteroatoms. The van der Waals surface area contributed by atoms with Crippen LogP contribution in [0, 0.1) is 5.92 Å². The third-order valence-corrected chi connectivity index (χ3v) is 3.97. The van der Waals surface area contributed by atoms with Gasteiger partial charge >= 0.3 is 6.61 Å². The highest BCUT2D eigenvalue weighted by atomic mass is 19.3. The number of nitrogens with zero attached hydrogens (tertiary/aromatic N) is 1. The van der Waals surface area contributed by atoms with Crippen molar-refractivity contribution in [3.8, 4) is 11.5 Å². The minimum Gasteiger partial charge on any atom is -0.490 e. The number of rotatable bonds is 7. The molecule has 0 aliphatic carbocycles. The van der Waals surface area contributed by atoms with Crippen molar-refractivity contribution in [1.29, 1.82) is 0 Å². The molecule has 22 heavy (non-hydrogen) atoms. The molecule has 1 fully saturated rings. The van der Waals surface area contributed by atoms with E-state index >= 15 is 0 Å². The molecule has 124 valence electrons. The van der Waals surface area contributed by atoms with Crippen LogP contribution in [0.3, 0.4) is 0 Å². The lowest BCUT2D eigenvalue weighted by atomic mass is 9.97. The first kappa shape index (κ1) is 17.0. The zero-order chi connectivity index (χ0) is 15.9. The lowest BCUT2D eigenvalue weighted by Crippen LogP contribution is -2.35. The van der Waals surface area contributed by atoms with Crippen molar-refractivity contribution in [3.63, 3.8) is 0 Å². The highest BCUT2D eigenvalue weighted by Crippen LogP contribution is 2.30. The van der Waals surface area contributed by atoms with Crippen LogP contribution in [0.2, 0.25) is 0 Å². The van der Waals surface area contributed by atoms with Gasteiger partial charge in [0, 0.05) is 6.54 Å². The summed E-state index contributed by atoms with van der Waals surface area (Å²) >= 11 is 0. The molecule has 2 N–H and O–H groups in total. The van der Waals surface area contributed by atoms with Gasteiger partial charge in [0.1, 0.15) is 0 Å². The summed E-state index contributed by atoms with van der Waals surface area (Å²) in [6, 6.07) is 5.16. The fourth-order valence-corrected chi connectivity index (χ4v) is 2.75. The molecule has 1 aliphatic heterocycles. The van der Waals surface area contributed by atoms with E-state index in [1.807, 2.05) is 13.0 Å². The van der Waals surface area contributed by atoms with Gasteiger partial charge in [-0.2, -0.15) is 8.78 Å². The maximum Gasteiger partial charge on any atom is 0.387 e. The Balaban J connectivity index is 2.00. The first-order chi connectivity index (χ1) is 10.6. The summed E-state index contributed by atoms with van der Waals surface area (Å²) in [5.41, 5.74) is 6.74. The van der Waals surface area contributed by atoms with Crippen molar-refractivity contribution in [2.45, 2.75) is 32.9 Å². The molecule has 1 heterocycles. The summed E-state index contributed by atoms with van der Waals surface area (Å²) in [5.74, 6) is 1.08. The van der Waals surface area contributed by atoms with E-state index in [2.05, 4.69) is 9.64 Å². The summed E-state index contributed by atoms with van der Waals surface area (Å²) in [7, 11) is 0. The van der Waals surface area contributed by atoms with Crippen molar-refractivity contribution < 1.29 is 18.3 Å². The Hall–Kier alpha value is -1.40. The number of likely N-dealkylation sites (tertiary alicyclic amines) is 1. The van der Waals surface area contributed by atoms with Crippen LogP contribution in [0.5, 0.6) is 11.5 Å². The molecule has 1 saturated heterocycles. The summed E-state index contributed by atoms with van der Waals surface area (Å²) in [6.45, 7) is 2.94. The fourth-order valence-electron chi connectivity index (χ4n) is 2.75. The Labute approximate surface area is 130 Å². The lowest BCUT2D eigenvalue weighted by Gasteiger charge is -2.31. The molecular formula is C16H24F2N2O2. The minimum atomic E-state index is -2.85. The Morgan fingerprint density at radius 3 is 2.59 bits per heavy atom. The summed E-state index contributed by atoms with van der Waals surface area (Å²) in [5, 5.41) is 0. The molecule has 2 rings (SSSR count). The number of hydrogen-bond acceptors (Lipinski definition) is 4. The van der Waals surface area contributed by atoms with Crippen LogP contribution in [0.15, 0.2) is 18.2 Å². The number of alkyl halides is 2. The number of piperidine rings is 1. The molecule has 0 saturated carbocycles. The Kier molecular flexibility index (Phi) is 6.39. The number of nitrogens with two attached hydrogens (primary N) is 1. The van der Waals surface area contributed by atoms with Gasteiger partial charge in [-0.15, -0.1) is 0 Å². The Morgan fingerprint density at radius 1 is 1.27 bits per heavy atom. The Morgan fingerprint density at radius 2 is 2.00 bits per heavy atom. The highest BCUT2D eigenvalue weighted by Gasteiger charge is 2.19. The second-order valence-electron chi connectivity index (χ2n) is 5.55. The summed E-state index contributed by atoms with van der Waals surface area (Å²) in [6.07, 6.45) is 2.22. The van der Waals surface area contributed by atoms with Crippen LogP contribution < -0.4 is 15.2 Å². The zero-order valence-electron chi connectivity index (χ0n) is 12.9. The van der Waals surface area contributed by atoms with Gasteiger partial charge in [0.25, 0.3) is 0 Å². The average Bonchev–Trinajstić information content (AvgIpc) is 2.50. The van der Waals surface area contributed by atoms with Gasteiger partial charge in [0.05, 0.1) is 6.61 Å². The molecule has 0 unspecified atom stereocenters. The van der Waals surface area contributed by atoms with E-state index in [4.69, 9.17) is 10.5 Å². The molecule has 0 amide bonds. The molecule has 1 aromatic rings. The van der Waals surface area contributed by atoms with Crippen molar-refractivity contribution >= 4 is 0 Å². The van der Waals surface area contributed by atoms with Gasteiger partial charge < -0.3 is 15.2 Å². The van der Waals surface area contributed by atoms with Crippen molar-refractivity contribution in [2.24, 2.45) is 11.7 Å². The zero-order valence-corrected chi connectivity index (χ0v) is 12.9. The van der Waals surface area contributed by atoms with Crippen LogP contribution in [0.25, 0.3) is 0 Å². The second-order valence-corrected chi connectivity index (χ2v) is 5.55. The largest absolute Gasteiger partial charge is 0.490 e. The molecule has 1 aliphatic rings. The second kappa shape index (κ2) is 8.29. The number of ether oxygens (including phenoxy) is 2. The highest BCUT2D eigenvalue weighted by molar-refractivity contribution is 5.43. The lowest BCUT2D eigenvalue weighted by molar-refractivity contribution is -0.0514. The van der Waals surface area contributed by atoms with Crippen LogP contribution >= 0.6 is 0 Å². The molecule has 0 spiro atoms. The van der Waals surface area contributed by atoms with Crippen molar-refractivity contribution in [3.05, 3.63) is 23.8 Å². The third kappa shape index (κ3) is 4.81. The van der Waals surface area contributed by atoms with Crippen LogP contribution in [0.1, 0.15) is 25.3 Å². The summed E-state index contributed by atoms with van der Waals surface area (Å²) in [4.78, 5) is 2.35. The van der Waals surface area contributed by atoms with Gasteiger partial charge in [-0.05, 0) is 63.0 Å².